The number of hydroxylamine groups is 2. The summed E-state index contributed by atoms with van der Waals surface area (Å²) < 4.78 is 13.0. The number of amidine groups is 1. The van der Waals surface area contributed by atoms with Gasteiger partial charge >= 0.3 is 0 Å². The molecular formula is C14H26FN3O. The molecule has 110 valence electrons. The number of rotatable bonds is 6. The quantitative estimate of drug-likeness (QED) is 0.596. The molecule has 0 radical (unpaired) electrons. The van der Waals surface area contributed by atoms with E-state index in [1.54, 1.807) is 7.11 Å². The largest absolute Gasteiger partial charge is 0.345 e. The Bertz CT molecular complexity index is 318. The molecule has 1 unspecified atom stereocenters. The van der Waals surface area contributed by atoms with Crippen molar-refractivity contribution in [2.24, 2.45) is 4.99 Å². The molecule has 1 aliphatic heterocycles. The number of hydrogen-bond acceptors (Lipinski definition) is 3. The fraction of sp³-hybridized carbons (Fsp3) is 0.643. The first-order valence-corrected chi connectivity index (χ1v) is 6.26. The van der Waals surface area contributed by atoms with Gasteiger partial charge in [0.15, 0.2) is 11.7 Å². The molecule has 0 aromatic heterocycles. The van der Waals surface area contributed by atoms with Gasteiger partial charge in [-0.25, -0.2) is 4.39 Å². The highest BCUT2D eigenvalue weighted by Gasteiger charge is 2.21. The van der Waals surface area contributed by atoms with Gasteiger partial charge in [0, 0.05) is 19.1 Å². The molecule has 0 aliphatic carbocycles. The van der Waals surface area contributed by atoms with E-state index < -0.39 is 5.83 Å². The molecule has 5 heteroatoms. The predicted octanol–water partition coefficient (Wildman–Crippen LogP) is 3.04. The molecule has 1 heterocycles. The highest BCUT2D eigenvalue weighted by Crippen LogP contribution is 2.19. The molecule has 1 saturated heterocycles. The van der Waals surface area contributed by atoms with Gasteiger partial charge < -0.3 is 10.2 Å². The molecular weight excluding hydrogens is 245 g/mol. The van der Waals surface area contributed by atoms with Gasteiger partial charge in [-0.15, -0.1) is 0 Å². The van der Waals surface area contributed by atoms with Crippen molar-refractivity contribution in [2.75, 3.05) is 20.2 Å². The third-order valence-corrected chi connectivity index (χ3v) is 3.04. The van der Waals surface area contributed by atoms with Crippen LogP contribution >= 0.6 is 0 Å². The Morgan fingerprint density at radius 3 is 2.89 bits per heavy atom. The summed E-state index contributed by atoms with van der Waals surface area (Å²) in [5.41, 5.74) is 0. The number of piperidine rings is 1. The number of nitrogens with zero attached hydrogens (tertiary/aromatic N) is 2. The third-order valence-electron chi connectivity index (χ3n) is 3.04. The van der Waals surface area contributed by atoms with E-state index in [1.807, 2.05) is 5.06 Å². The Kier molecular flexibility index (Phi) is 9.08. The standard InChI is InChI=1S/C13H22FN3O.CH4/c1-4-15-13(11(2)14)16-9-8-12-7-5-6-10-17(12)18-3;/h4,12H,1-2,5-10H2,3H3,(H,15,16);1H4. The van der Waals surface area contributed by atoms with Crippen LogP contribution < -0.4 is 5.32 Å². The first kappa shape index (κ1) is 17.8. The molecule has 0 spiro atoms. The normalized spacial score (nSPS) is 20.5. The molecule has 4 nitrogen and oxygen atoms in total. The number of nitrogens with one attached hydrogen (secondary N) is 1. The van der Waals surface area contributed by atoms with Gasteiger partial charge in [0.25, 0.3) is 0 Å². The lowest BCUT2D eigenvalue weighted by Gasteiger charge is -2.33. The van der Waals surface area contributed by atoms with Crippen LogP contribution in [0, 0.1) is 0 Å². The van der Waals surface area contributed by atoms with E-state index in [9.17, 15) is 4.39 Å². The monoisotopic (exact) mass is 271 g/mol. The summed E-state index contributed by atoms with van der Waals surface area (Å²) in [5.74, 6) is -0.410. The van der Waals surface area contributed by atoms with Crippen LogP contribution in [-0.2, 0) is 4.84 Å². The second-order valence-corrected chi connectivity index (χ2v) is 4.25. The van der Waals surface area contributed by atoms with Gasteiger partial charge in [0.2, 0.25) is 0 Å². The second kappa shape index (κ2) is 9.69. The van der Waals surface area contributed by atoms with Crippen LogP contribution in [0.25, 0.3) is 0 Å². The molecule has 1 fully saturated rings. The highest BCUT2D eigenvalue weighted by molar-refractivity contribution is 5.96. The van der Waals surface area contributed by atoms with Crippen molar-refractivity contribution < 1.29 is 9.23 Å². The van der Waals surface area contributed by atoms with Crippen LogP contribution in [0.3, 0.4) is 0 Å². The second-order valence-electron chi connectivity index (χ2n) is 4.25. The van der Waals surface area contributed by atoms with E-state index in [0.717, 1.165) is 25.8 Å². The Hall–Kier alpha value is -1.20. The Morgan fingerprint density at radius 2 is 2.32 bits per heavy atom. The lowest BCUT2D eigenvalue weighted by Crippen LogP contribution is -2.39. The average molecular weight is 271 g/mol. The predicted molar refractivity (Wildman–Crippen MR) is 78.6 cm³/mol. The zero-order valence-corrected chi connectivity index (χ0v) is 11.0. The fourth-order valence-electron chi connectivity index (χ4n) is 2.13. The summed E-state index contributed by atoms with van der Waals surface area (Å²) in [5, 5.41) is 4.63. The lowest BCUT2D eigenvalue weighted by molar-refractivity contribution is -0.175. The van der Waals surface area contributed by atoms with E-state index in [1.165, 1.54) is 12.6 Å². The number of hydrogen-bond donors (Lipinski definition) is 1. The van der Waals surface area contributed by atoms with Gasteiger partial charge in [-0.2, -0.15) is 5.06 Å². The van der Waals surface area contributed by atoms with Crippen molar-refractivity contribution in [2.45, 2.75) is 39.2 Å². The topological polar surface area (TPSA) is 36.9 Å². The van der Waals surface area contributed by atoms with Gasteiger partial charge in [-0.05, 0) is 25.5 Å². The van der Waals surface area contributed by atoms with Crippen molar-refractivity contribution in [3.63, 3.8) is 0 Å². The van der Waals surface area contributed by atoms with Crippen molar-refractivity contribution in [1.29, 1.82) is 0 Å². The maximum atomic E-state index is 13.0. The Balaban J connectivity index is 0.00000324. The van der Waals surface area contributed by atoms with Gasteiger partial charge in [0.1, 0.15) is 0 Å². The van der Waals surface area contributed by atoms with Crippen molar-refractivity contribution in [1.82, 2.24) is 10.4 Å². The molecule has 0 aromatic rings. The first-order valence-electron chi connectivity index (χ1n) is 6.26. The fourth-order valence-corrected chi connectivity index (χ4v) is 2.13. The molecule has 1 rings (SSSR count). The van der Waals surface area contributed by atoms with Crippen molar-refractivity contribution in [3.05, 3.63) is 25.2 Å². The molecule has 0 amide bonds. The van der Waals surface area contributed by atoms with Crippen LogP contribution in [-0.4, -0.2) is 37.1 Å². The van der Waals surface area contributed by atoms with Crippen LogP contribution in [0.2, 0.25) is 0 Å². The molecule has 0 saturated carbocycles. The third kappa shape index (κ3) is 5.98. The number of aliphatic imine (C=N–C) groups is 1. The van der Waals surface area contributed by atoms with E-state index in [2.05, 4.69) is 23.5 Å². The minimum absolute atomic E-state index is 0. The maximum absolute atomic E-state index is 13.0. The lowest BCUT2D eigenvalue weighted by atomic mass is 10.0. The molecule has 1 atom stereocenters. The summed E-state index contributed by atoms with van der Waals surface area (Å²) in [6.07, 6.45) is 5.72. The van der Waals surface area contributed by atoms with Gasteiger partial charge in [0.05, 0.1) is 7.11 Å². The zero-order chi connectivity index (χ0) is 13.4. The summed E-state index contributed by atoms with van der Waals surface area (Å²) in [6, 6.07) is 0.366. The van der Waals surface area contributed by atoms with Crippen LogP contribution in [0.4, 0.5) is 4.39 Å². The minimum Gasteiger partial charge on any atom is -0.345 e. The SMILES string of the molecule is C.C=CNC(=NCCC1CCCCN1OC)C(=C)F. The summed E-state index contributed by atoms with van der Waals surface area (Å²) >= 11 is 0. The Labute approximate surface area is 116 Å². The van der Waals surface area contributed by atoms with Crippen LogP contribution in [0.1, 0.15) is 33.1 Å². The van der Waals surface area contributed by atoms with Crippen LogP contribution in [0.15, 0.2) is 30.2 Å². The summed E-state index contributed by atoms with van der Waals surface area (Å²) in [6.45, 7) is 8.21. The van der Waals surface area contributed by atoms with Crippen molar-refractivity contribution in [3.8, 4) is 0 Å². The molecule has 0 bridgehead atoms. The molecule has 1 N–H and O–H groups in total. The van der Waals surface area contributed by atoms with Crippen LogP contribution in [0.5, 0.6) is 0 Å². The van der Waals surface area contributed by atoms with E-state index >= 15 is 0 Å². The Morgan fingerprint density at radius 1 is 1.58 bits per heavy atom. The minimum atomic E-state index is -0.567. The molecule has 19 heavy (non-hydrogen) atoms. The van der Waals surface area contributed by atoms with Gasteiger partial charge in [-0.3, -0.25) is 4.99 Å². The molecule has 1 aliphatic rings. The smallest absolute Gasteiger partial charge is 0.160 e. The van der Waals surface area contributed by atoms with E-state index in [-0.39, 0.29) is 13.3 Å². The first-order chi connectivity index (χ1) is 8.69. The molecule has 0 aromatic carbocycles. The average Bonchev–Trinajstić information content (AvgIpc) is 2.38. The van der Waals surface area contributed by atoms with Gasteiger partial charge in [-0.1, -0.05) is 27.0 Å². The summed E-state index contributed by atoms with van der Waals surface area (Å²) in [4.78, 5) is 9.47. The van der Waals surface area contributed by atoms with Crippen molar-refractivity contribution >= 4 is 5.84 Å². The number of halogens is 1. The van der Waals surface area contributed by atoms with E-state index in [4.69, 9.17) is 4.84 Å². The summed E-state index contributed by atoms with van der Waals surface area (Å²) in [7, 11) is 1.69. The zero-order valence-electron chi connectivity index (χ0n) is 11.0. The maximum Gasteiger partial charge on any atom is 0.160 e. The van der Waals surface area contributed by atoms with E-state index in [0.29, 0.717) is 12.6 Å². The highest BCUT2D eigenvalue weighted by atomic mass is 19.1.